The Morgan fingerprint density at radius 2 is 2.31 bits per heavy atom. The lowest BCUT2D eigenvalue weighted by atomic mass is 9.86. The van der Waals surface area contributed by atoms with Crippen molar-refractivity contribution >= 4 is 15.9 Å². The van der Waals surface area contributed by atoms with Crippen molar-refractivity contribution in [2.45, 2.75) is 19.3 Å². The Morgan fingerprint density at radius 1 is 1.46 bits per heavy atom. The van der Waals surface area contributed by atoms with Gasteiger partial charge in [0.15, 0.2) is 0 Å². The molecule has 13 heavy (non-hydrogen) atoms. The number of nitrogens with zero attached hydrogens (tertiary/aromatic N) is 1. The van der Waals surface area contributed by atoms with Gasteiger partial charge in [0.2, 0.25) is 5.88 Å². The fraction of sp³-hybridized carbons (Fsp3) is 0.500. The average molecular weight is 242 g/mol. The minimum absolute atomic E-state index is 0.732. The van der Waals surface area contributed by atoms with E-state index in [-0.39, 0.29) is 0 Å². The summed E-state index contributed by atoms with van der Waals surface area (Å²) in [5, 5.41) is 0. The lowest BCUT2D eigenvalue weighted by Crippen LogP contribution is -2.19. The SMILES string of the molecule is Brc1ccc(OCC2CCC2)nc1. The highest BCUT2D eigenvalue weighted by atomic mass is 79.9. The highest BCUT2D eigenvalue weighted by molar-refractivity contribution is 9.10. The van der Waals surface area contributed by atoms with Gasteiger partial charge in [-0.15, -0.1) is 0 Å². The van der Waals surface area contributed by atoms with Gasteiger partial charge in [-0.1, -0.05) is 6.42 Å². The summed E-state index contributed by atoms with van der Waals surface area (Å²) >= 11 is 3.33. The number of aromatic nitrogens is 1. The van der Waals surface area contributed by atoms with Gasteiger partial charge in [0.25, 0.3) is 0 Å². The van der Waals surface area contributed by atoms with Crippen LogP contribution in [0.5, 0.6) is 5.88 Å². The van der Waals surface area contributed by atoms with Crippen molar-refractivity contribution in [3.8, 4) is 5.88 Å². The highest BCUT2D eigenvalue weighted by Gasteiger charge is 2.17. The Morgan fingerprint density at radius 3 is 2.85 bits per heavy atom. The monoisotopic (exact) mass is 241 g/mol. The zero-order valence-corrected chi connectivity index (χ0v) is 8.96. The summed E-state index contributed by atoms with van der Waals surface area (Å²) in [5.74, 6) is 1.50. The van der Waals surface area contributed by atoms with Crippen LogP contribution in [0.15, 0.2) is 22.8 Å². The number of ether oxygens (including phenoxy) is 1. The first kappa shape index (κ1) is 9.00. The second-order valence-electron chi connectivity index (χ2n) is 3.42. The molecule has 1 heterocycles. The van der Waals surface area contributed by atoms with E-state index < -0.39 is 0 Å². The molecule has 0 N–H and O–H groups in total. The Kier molecular flexibility index (Phi) is 2.83. The fourth-order valence-corrected chi connectivity index (χ4v) is 1.54. The van der Waals surface area contributed by atoms with Crippen LogP contribution in [0.1, 0.15) is 19.3 Å². The minimum atomic E-state index is 0.732. The molecule has 1 aliphatic rings. The van der Waals surface area contributed by atoms with Gasteiger partial charge in [-0.25, -0.2) is 4.98 Å². The smallest absolute Gasteiger partial charge is 0.213 e. The molecule has 1 aromatic heterocycles. The van der Waals surface area contributed by atoms with Gasteiger partial charge in [0.1, 0.15) is 0 Å². The minimum Gasteiger partial charge on any atom is -0.477 e. The van der Waals surface area contributed by atoms with Crippen LogP contribution < -0.4 is 4.74 Å². The van der Waals surface area contributed by atoms with Crippen LogP contribution in [0, 0.1) is 5.92 Å². The van der Waals surface area contributed by atoms with E-state index in [9.17, 15) is 0 Å². The van der Waals surface area contributed by atoms with Crippen molar-refractivity contribution in [1.82, 2.24) is 4.98 Å². The van der Waals surface area contributed by atoms with Crippen LogP contribution in [-0.2, 0) is 0 Å². The van der Waals surface area contributed by atoms with Gasteiger partial charge in [-0.05, 0) is 40.8 Å². The largest absolute Gasteiger partial charge is 0.477 e. The van der Waals surface area contributed by atoms with Crippen molar-refractivity contribution in [3.05, 3.63) is 22.8 Å². The predicted molar refractivity (Wildman–Crippen MR) is 54.8 cm³/mol. The molecule has 0 unspecified atom stereocenters. The number of rotatable bonds is 3. The molecule has 0 bridgehead atoms. The maximum absolute atomic E-state index is 5.53. The van der Waals surface area contributed by atoms with Gasteiger partial charge < -0.3 is 4.74 Å². The summed E-state index contributed by atoms with van der Waals surface area (Å²) in [4.78, 5) is 4.14. The molecule has 1 saturated carbocycles. The highest BCUT2D eigenvalue weighted by Crippen LogP contribution is 2.26. The normalized spacial score (nSPS) is 16.7. The van der Waals surface area contributed by atoms with E-state index in [1.165, 1.54) is 19.3 Å². The molecule has 1 aliphatic carbocycles. The second kappa shape index (κ2) is 4.09. The number of pyridine rings is 1. The zero-order valence-electron chi connectivity index (χ0n) is 7.37. The molecule has 0 spiro atoms. The van der Waals surface area contributed by atoms with E-state index in [2.05, 4.69) is 20.9 Å². The number of hydrogen-bond donors (Lipinski definition) is 0. The summed E-state index contributed by atoms with van der Waals surface area (Å²) < 4.78 is 6.52. The van der Waals surface area contributed by atoms with Gasteiger partial charge in [0, 0.05) is 16.7 Å². The summed E-state index contributed by atoms with van der Waals surface area (Å²) in [5.41, 5.74) is 0. The molecule has 1 fully saturated rings. The lowest BCUT2D eigenvalue weighted by molar-refractivity contribution is 0.175. The summed E-state index contributed by atoms with van der Waals surface area (Å²) in [7, 11) is 0. The van der Waals surface area contributed by atoms with Gasteiger partial charge in [-0.2, -0.15) is 0 Å². The van der Waals surface area contributed by atoms with Crippen LogP contribution in [-0.4, -0.2) is 11.6 Å². The molecule has 2 rings (SSSR count). The van der Waals surface area contributed by atoms with Crippen molar-refractivity contribution in [1.29, 1.82) is 0 Å². The standard InChI is InChI=1S/C10H12BrNO/c11-9-4-5-10(12-6-9)13-7-8-2-1-3-8/h4-6,8H,1-3,7H2. The molecule has 0 aromatic carbocycles. The maximum Gasteiger partial charge on any atom is 0.213 e. The third-order valence-electron chi connectivity index (χ3n) is 2.39. The second-order valence-corrected chi connectivity index (χ2v) is 4.34. The van der Waals surface area contributed by atoms with E-state index in [1.54, 1.807) is 6.20 Å². The summed E-state index contributed by atoms with van der Waals surface area (Å²) in [6.45, 7) is 0.828. The quantitative estimate of drug-likeness (QED) is 0.812. The number of halogens is 1. The molecule has 1 aromatic rings. The van der Waals surface area contributed by atoms with Gasteiger partial charge >= 0.3 is 0 Å². The number of hydrogen-bond acceptors (Lipinski definition) is 2. The molecule has 0 amide bonds. The average Bonchev–Trinajstić information content (AvgIpc) is 2.05. The molecule has 0 saturated heterocycles. The molecule has 0 radical (unpaired) electrons. The van der Waals surface area contributed by atoms with Crippen molar-refractivity contribution in [2.24, 2.45) is 5.92 Å². The van der Waals surface area contributed by atoms with Crippen molar-refractivity contribution in [3.63, 3.8) is 0 Å². The molecule has 3 heteroatoms. The Labute approximate surface area is 86.5 Å². The molecule has 0 aliphatic heterocycles. The topological polar surface area (TPSA) is 22.1 Å². The summed E-state index contributed by atoms with van der Waals surface area (Å²) in [6, 6.07) is 3.84. The molecular formula is C10H12BrNO. The Hall–Kier alpha value is -0.570. The molecule has 70 valence electrons. The van der Waals surface area contributed by atoms with Gasteiger partial charge in [0.05, 0.1) is 6.61 Å². The van der Waals surface area contributed by atoms with Gasteiger partial charge in [-0.3, -0.25) is 0 Å². The van der Waals surface area contributed by atoms with Crippen LogP contribution >= 0.6 is 15.9 Å². The first-order chi connectivity index (χ1) is 6.34. The third kappa shape index (κ3) is 2.44. The van der Waals surface area contributed by atoms with Crippen LogP contribution in [0.2, 0.25) is 0 Å². The Balaban J connectivity index is 1.83. The van der Waals surface area contributed by atoms with E-state index in [1.807, 2.05) is 12.1 Å². The molecular weight excluding hydrogens is 230 g/mol. The third-order valence-corrected chi connectivity index (χ3v) is 2.86. The molecule has 0 atom stereocenters. The fourth-order valence-electron chi connectivity index (χ4n) is 1.31. The molecule has 2 nitrogen and oxygen atoms in total. The van der Waals surface area contributed by atoms with E-state index >= 15 is 0 Å². The van der Waals surface area contributed by atoms with E-state index in [4.69, 9.17) is 4.74 Å². The van der Waals surface area contributed by atoms with Crippen LogP contribution in [0.3, 0.4) is 0 Å². The first-order valence-corrected chi connectivity index (χ1v) is 5.38. The van der Waals surface area contributed by atoms with Crippen LogP contribution in [0.25, 0.3) is 0 Å². The first-order valence-electron chi connectivity index (χ1n) is 4.59. The van der Waals surface area contributed by atoms with Crippen molar-refractivity contribution in [2.75, 3.05) is 6.61 Å². The predicted octanol–water partition coefficient (Wildman–Crippen LogP) is 3.02. The zero-order chi connectivity index (χ0) is 9.10. The van der Waals surface area contributed by atoms with E-state index in [0.29, 0.717) is 0 Å². The van der Waals surface area contributed by atoms with Crippen LogP contribution in [0.4, 0.5) is 0 Å². The summed E-state index contributed by atoms with van der Waals surface area (Å²) in [6.07, 6.45) is 5.75. The Bertz CT molecular complexity index is 269. The maximum atomic E-state index is 5.53. The van der Waals surface area contributed by atoms with E-state index in [0.717, 1.165) is 22.9 Å². The lowest BCUT2D eigenvalue weighted by Gasteiger charge is -2.24. The van der Waals surface area contributed by atoms with Crippen molar-refractivity contribution < 1.29 is 4.74 Å².